The standard InChI is InChI=1S/C79H78BN3/c1-41(2)45-26-28-50-51-29-27-46(42(3)4)35-58(51)79(57(50)34-45)56-30-31-66-70-74(56)83-71-54(32-47(43(5)6)36-61(71)79)55-33-48(44(7)8)37-62(72(55)83)80(70)63-40-67-68(69-53-23-19-21-25-65(53)81(66)75(63)69)52-22-18-20-24-64(52)82(67)73-59(77(12,13)14)38-49(76(9,10)11)39-60(73)78(15,16)17/h18-44H,1-17H3. The Morgan fingerprint density at radius 1 is 0.373 bits per heavy atom. The summed E-state index contributed by atoms with van der Waals surface area (Å²) in [6.45, 7) is 40.8. The highest BCUT2D eigenvalue weighted by atomic mass is 15.1. The average molecular weight is 1080 g/mol. The maximum atomic E-state index is 2.82. The van der Waals surface area contributed by atoms with Gasteiger partial charge in [0, 0.05) is 49.2 Å². The molecule has 12 aromatic rings. The lowest BCUT2D eigenvalue weighted by Gasteiger charge is -2.44. The maximum Gasteiger partial charge on any atom is 0.252 e. The molecule has 16 rings (SSSR count). The molecule has 0 fully saturated rings. The molecular formula is C79H78BN3. The van der Waals surface area contributed by atoms with Crippen LogP contribution < -0.4 is 16.4 Å². The number of hydrogen-bond acceptors (Lipinski definition) is 0. The minimum Gasteiger partial charge on any atom is -0.310 e. The lowest BCUT2D eigenvalue weighted by Crippen LogP contribution is -2.60. The molecule has 4 heteroatoms. The SMILES string of the molecule is CC(C)c1ccc2c(c1)C1(c3cc(C(C)C)ccc3-2)c2ccc3c4c2-n2c5c(cc(C(C)C)cc5c5cc(C(C)C)cc1c52)B4c1cc2c(c4ccccc4n2-c2c(C(C)(C)C)cc(C(C)(C)C)cc2C(C)(C)C)c2c4ccccc4n-3c12. The fourth-order valence-electron chi connectivity index (χ4n) is 16.5. The van der Waals surface area contributed by atoms with Gasteiger partial charge in [0.25, 0.3) is 6.71 Å². The van der Waals surface area contributed by atoms with Gasteiger partial charge in [0.2, 0.25) is 0 Å². The van der Waals surface area contributed by atoms with Gasteiger partial charge in [-0.05, 0) is 165 Å². The minimum absolute atomic E-state index is 0.0326. The number of fused-ring (bicyclic) bond motifs is 18. The van der Waals surface area contributed by atoms with E-state index in [0.29, 0.717) is 23.7 Å². The second-order valence-electron chi connectivity index (χ2n) is 30.1. The van der Waals surface area contributed by atoms with E-state index in [0.717, 1.165) is 0 Å². The van der Waals surface area contributed by atoms with E-state index in [1.807, 2.05) is 0 Å². The van der Waals surface area contributed by atoms with Gasteiger partial charge in [0.15, 0.2) is 0 Å². The van der Waals surface area contributed by atoms with Crippen molar-refractivity contribution in [2.45, 2.75) is 163 Å². The molecule has 0 saturated carbocycles. The molecule has 6 heterocycles. The van der Waals surface area contributed by atoms with E-state index < -0.39 is 5.41 Å². The van der Waals surface area contributed by atoms with Gasteiger partial charge in [0.05, 0.1) is 38.7 Å². The summed E-state index contributed by atoms with van der Waals surface area (Å²) in [7, 11) is 0. The molecule has 9 aromatic carbocycles. The van der Waals surface area contributed by atoms with Crippen molar-refractivity contribution in [1.82, 2.24) is 13.7 Å². The predicted molar refractivity (Wildman–Crippen MR) is 357 cm³/mol. The van der Waals surface area contributed by atoms with Crippen LogP contribution >= 0.6 is 0 Å². The highest BCUT2D eigenvalue weighted by Crippen LogP contribution is 2.63. The van der Waals surface area contributed by atoms with Crippen LogP contribution in [-0.4, -0.2) is 20.4 Å². The van der Waals surface area contributed by atoms with E-state index in [1.54, 1.807) is 0 Å². The van der Waals surface area contributed by atoms with Crippen molar-refractivity contribution in [2.24, 2.45) is 0 Å². The zero-order valence-corrected chi connectivity index (χ0v) is 52.0. The normalized spacial score (nSPS) is 14.8. The summed E-state index contributed by atoms with van der Waals surface area (Å²) in [6.07, 6.45) is 0. The Labute approximate surface area is 491 Å². The van der Waals surface area contributed by atoms with E-state index in [-0.39, 0.29) is 23.0 Å². The zero-order chi connectivity index (χ0) is 57.8. The smallest absolute Gasteiger partial charge is 0.252 e. The Morgan fingerprint density at radius 2 is 0.880 bits per heavy atom. The van der Waals surface area contributed by atoms with Crippen LogP contribution in [0, 0.1) is 0 Å². The van der Waals surface area contributed by atoms with Gasteiger partial charge in [0.1, 0.15) is 0 Å². The van der Waals surface area contributed by atoms with Crippen molar-refractivity contribution < 1.29 is 0 Å². The summed E-state index contributed by atoms with van der Waals surface area (Å²) in [4.78, 5) is 0. The van der Waals surface area contributed by atoms with Crippen LogP contribution in [0.1, 0.15) is 203 Å². The number of aromatic nitrogens is 3. The van der Waals surface area contributed by atoms with Crippen LogP contribution in [0.4, 0.5) is 0 Å². The van der Waals surface area contributed by atoms with Crippen LogP contribution in [0.5, 0.6) is 0 Å². The van der Waals surface area contributed by atoms with E-state index in [4.69, 9.17) is 0 Å². The first kappa shape index (κ1) is 51.1. The molecule has 0 amide bonds. The largest absolute Gasteiger partial charge is 0.310 e. The lowest BCUT2D eigenvalue weighted by molar-refractivity contribution is 0.545. The lowest BCUT2D eigenvalue weighted by atomic mass is 9.33. The molecule has 3 aromatic heterocycles. The van der Waals surface area contributed by atoms with E-state index in [2.05, 4.69) is 271 Å². The van der Waals surface area contributed by atoms with Crippen molar-refractivity contribution in [3.05, 3.63) is 201 Å². The summed E-state index contributed by atoms with van der Waals surface area (Å²) >= 11 is 0. The third-order valence-electron chi connectivity index (χ3n) is 20.7. The first-order valence-electron chi connectivity index (χ1n) is 31.2. The first-order valence-corrected chi connectivity index (χ1v) is 31.2. The first-order chi connectivity index (χ1) is 39.4. The van der Waals surface area contributed by atoms with Crippen molar-refractivity contribution in [2.75, 3.05) is 0 Å². The Balaban J connectivity index is 1.15. The van der Waals surface area contributed by atoms with Crippen molar-refractivity contribution >= 4 is 88.5 Å². The third-order valence-corrected chi connectivity index (χ3v) is 20.7. The van der Waals surface area contributed by atoms with Gasteiger partial charge in [-0.3, -0.25) is 0 Å². The number of benzene rings is 9. The number of rotatable bonds is 5. The Bertz CT molecular complexity index is 4820. The van der Waals surface area contributed by atoms with Crippen LogP contribution in [0.25, 0.3) is 93.6 Å². The highest BCUT2D eigenvalue weighted by molar-refractivity contribution is 7.00. The van der Waals surface area contributed by atoms with Crippen LogP contribution in [0.2, 0.25) is 0 Å². The van der Waals surface area contributed by atoms with Crippen molar-refractivity contribution in [3.63, 3.8) is 0 Å². The van der Waals surface area contributed by atoms with Gasteiger partial charge < -0.3 is 13.7 Å². The molecule has 3 aliphatic heterocycles. The fraction of sp³-hybridized carbons (Fsp3) is 0.316. The summed E-state index contributed by atoms with van der Waals surface area (Å²) in [5, 5.41) is 8.08. The van der Waals surface area contributed by atoms with Gasteiger partial charge in [-0.2, -0.15) is 0 Å². The summed E-state index contributed by atoms with van der Waals surface area (Å²) in [5.41, 5.74) is 33.4. The van der Waals surface area contributed by atoms with Gasteiger partial charge in [-0.1, -0.05) is 221 Å². The summed E-state index contributed by atoms with van der Waals surface area (Å²) in [5.74, 6) is 1.40. The highest BCUT2D eigenvalue weighted by Gasteiger charge is 2.55. The van der Waals surface area contributed by atoms with Gasteiger partial charge in [-0.15, -0.1) is 0 Å². The molecule has 0 N–H and O–H groups in total. The molecule has 1 spiro atoms. The molecule has 1 aliphatic carbocycles. The molecule has 0 unspecified atom stereocenters. The summed E-state index contributed by atoms with van der Waals surface area (Å²) in [6, 6.07) is 57.4. The Kier molecular flexibility index (Phi) is 10.1. The molecule has 0 bridgehead atoms. The van der Waals surface area contributed by atoms with Gasteiger partial charge in [-0.25, -0.2) is 0 Å². The van der Waals surface area contributed by atoms with Gasteiger partial charge >= 0.3 is 0 Å². The molecular weight excluding hydrogens is 1000 g/mol. The van der Waals surface area contributed by atoms with Crippen LogP contribution in [0.3, 0.4) is 0 Å². The fourth-order valence-corrected chi connectivity index (χ4v) is 16.5. The Hall–Kier alpha value is -7.56. The number of para-hydroxylation sites is 2. The topological polar surface area (TPSA) is 14.8 Å². The molecule has 412 valence electrons. The molecule has 0 saturated heterocycles. The van der Waals surface area contributed by atoms with E-state index >= 15 is 0 Å². The zero-order valence-electron chi connectivity index (χ0n) is 52.0. The average Bonchev–Trinajstić information content (AvgIpc) is 1.55. The van der Waals surface area contributed by atoms with E-state index in [1.165, 1.54) is 171 Å². The number of nitrogens with zero attached hydrogens (tertiary/aromatic N) is 3. The maximum absolute atomic E-state index is 2.82. The Morgan fingerprint density at radius 3 is 1.43 bits per heavy atom. The van der Waals surface area contributed by atoms with Crippen molar-refractivity contribution in [1.29, 1.82) is 0 Å². The third kappa shape index (κ3) is 6.38. The molecule has 3 nitrogen and oxygen atoms in total. The van der Waals surface area contributed by atoms with Crippen LogP contribution in [-0.2, 0) is 21.7 Å². The van der Waals surface area contributed by atoms with E-state index in [9.17, 15) is 0 Å². The van der Waals surface area contributed by atoms with Crippen LogP contribution in [0.15, 0.2) is 140 Å². The monoisotopic (exact) mass is 1080 g/mol. The molecule has 4 aliphatic rings. The molecule has 0 radical (unpaired) electrons. The predicted octanol–water partition coefficient (Wildman–Crippen LogP) is 19.2. The second-order valence-corrected chi connectivity index (χ2v) is 30.1. The molecule has 83 heavy (non-hydrogen) atoms. The minimum atomic E-state index is -0.585. The number of hydrogen-bond donors (Lipinski definition) is 0. The molecule has 0 atom stereocenters. The summed E-state index contributed by atoms with van der Waals surface area (Å²) < 4.78 is 8.29. The quantitative estimate of drug-likeness (QED) is 0.153. The second kappa shape index (κ2) is 16.4. The van der Waals surface area contributed by atoms with Crippen molar-refractivity contribution in [3.8, 4) is 28.2 Å².